The van der Waals surface area contributed by atoms with Crippen molar-refractivity contribution in [2.75, 3.05) is 24.7 Å². The van der Waals surface area contributed by atoms with Gasteiger partial charge in [-0.05, 0) is 30.7 Å². The van der Waals surface area contributed by atoms with Crippen LogP contribution >= 0.6 is 11.8 Å². The van der Waals surface area contributed by atoms with Gasteiger partial charge in [-0.2, -0.15) is 5.10 Å². The maximum atomic E-state index is 4.57. The Hall–Kier alpha value is -1.46. The third-order valence-corrected chi connectivity index (χ3v) is 5.34. The zero-order valence-corrected chi connectivity index (χ0v) is 14.6. The summed E-state index contributed by atoms with van der Waals surface area (Å²) in [4.78, 5) is 3.56. The normalized spacial score (nSPS) is 17.4. The molecule has 0 radical (unpaired) electrons. The number of fused-ring (bicyclic) bond motifs is 1. The minimum Gasteiger partial charge on any atom is -0.363 e. The number of thioether (sulfide) groups is 1. The second-order valence-electron chi connectivity index (χ2n) is 6.01. The van der Waals surface area contributed by atoms with Crippen LogP contribution in [-0.4, -0.2) is 29.6 Å². The van der Waals surface area contributed by atoms with Gasteiger partial charge in [-0.25, -0.2) is 0 Å². The first-order valence-corrected chi connectivity index (χ1v) is 8.71. The Morgan fingerprint density at radius 2 is 2.14 bits per heavy atom. The number of rotatable bonds is 4. The molecule has 0 aliphatic carbocycles. The van der Waals surface area contributed by atoms with Crippen LogP contribution in [0.4, 0.5) is 5.82 Å². The highest BCUT2D eigenvalue weighted by Gasteiger charge is 2.21. The van der Waals surface area contributed by atoms with E-state index in [0.717, 1.165) is 12.2 Å². The molecule has 0 bridgehead atoms. The van der Waals surface area contributed by atoms with Gasteiger partial charge in [-0.3, -0.25) is 4.68 Å². The van der Waals surface area contributed by atoms with Crippen molar-refractivity contribution in [1.29, 1.82) is 0 Å². The Morgan fingerprint density at radius 1 is 1.36 bits per heavy atom. The van der Waals surface area contributed by atoms with E-state index in [1.807, 2.05) is 23.5 Å². The van der Waals surface area contributed by atoms with Gasteiger partial charge in [0, 0.05) is 44.2 Å². The molecule has 1 N–H and O–H groups in total. The van der Waals surface area contributed by atoms with E-state index >= 15 is 0 Å². The molecule has 118 valence electrons. The first-order chi connectivity index (χ1) is 10.6. The molecule has 1 aliphatic rings. The zero-order chi connectivity index (χ0) is 15.7. The summed E-state index contributed by atoms with van der Waals surface area (Å²) in [5.41, 5.74) is 3.84. The molecule has 1 aromatic carbocycles. The summed E-state index contributed by atoms with van der Waals surface area (Å²) in [6.07, 6.45) is 1.18. The lowest BCUT2D eigenvalue weighted by molar-refractivity contribution is 0.509. The Morgan fingerprint density at radius 3 is 2.91 bits per heavy atom. The SMILES string of the molecule is Cc1nn(C)c(N(C)C)c1CNC1CCSc2ccccc21. The maximum Gasteiger partial charge on any atom is 0.130 e. The van der Waals surface area contributed by atoms with Crippen LogP contribution in [0.25, 0.3) is 0 Å². The summed E-state index contributed by atoms with van der Waals surface area (Å²) >= 11 is 1.96. The molecule has 3 rings (SSSR count). The van der Waals surface area contributed by atoms with Crippen LogP contribution in [0.3, 0.4) is 0 Å². The molecular formula is C17H24N4S. The molecule has 5 heteroatoms. The third kappa shape index (κ3) is 2.88. The zero-order valence-electron chi connectivity index (χ0n) is 13.8. The maximum absolute atomic E-state index is 4.57. The van der Waals surface area contributed by atoms with E-state index in [1.54, 1.807) is 0 Å². The number of nitrogens with zero attached hydrogens (tertiary/aromatic N) is 3. The Balaban J connectivity index is 1.80. The summed E-state index contributed by atoms with van der Waals surface area (Å²) in [6, 6.07) is 9.19. The van der Waals surface area contributed by atoms with Crippen LogP contribution in [-0.2, 0) is 13.6 Å². The van der Waals surface area contributed by atoms with Crippen molar-refractivity contribution < 1.29 is 0 Å². The van der Waals surface area contributed by atoms with E-state index < -0.39 is 0 Å². The van der Waals surface area contributed by atoms with E-state index in [9.17, 15) is 0 Å². The number of benzene rings is 1. The largest absolute Gasteiger partial charge is 0.363 e. The second kappa shape index (κ2) is 6.34. The second-order valence-corrected chi connectivity index (χ2v) is 7.15. The molecule has 2 heterocycles. The molecule has 0 amide bonds. The molecule has 22 heavy (non-hydrogen) atoms. The monoisotopic (exact) mass is 316 g/mol. The lowest BCUT2D eigenvalue weighted by Gasteiger charge is -2.26. The van der Waals surface area contributed by atoms with Crippen molar-refractivity contribution in [3.63, 3.8) is 0 Å². The topological polar surface area (TPSA) is 33.1 Å². The van der Waals surface area contributed by atoms with E-state index in [2.05, 4.69) is 60.6 Å². The predicted molar refractivity (Wildman–Crippen MR) is 93.6 cm³/mol. The molecule has 4 nitrogen and oxygen atoms in total. The standard InChI is InChI=1S/C17H24N4S/c1-12-14(17(20(2)3)21(4)19-12)11-18-15-9-10-22-16-8-6-5-7-13(15)16/h5-8,15,18H,9-11H2,1-4H3. The van der Waals surface area contributed by atoms with Gasteiger partial charge < -0.3 is 10.2 Å². The van der Waals surface area contributed by atoms with Gasteiger partial charge in [-0.15, -0.1) is 11.8 Å². The van der Waals surface area contributed by atoms with Crippen molar-refractivity contribution in [3.05, 3.63) is 41.1 Å². The van der Waals surface area contributed by atoms with Crippen LogP contribution in [0.2, 0.25) is 0 Å². The average molecular weight is 316 g/mol. The third-order valence-electron chi connectivity index (χ3n) is 4.22. The highest BCUT2D eigenvalue weighted by molar-refractivity contribution is 7.99. The van der Waals surface area contributed by atoms with Crippen molar-refractivity contribution in [3.8, 4) is 0 Å². The Labute approximate surface area is 136 Å². The molecule has 0 saturated heterocycles. The minimum atomic E-state index is 0.437. The lowest BCUT2D eigenvalue weighted by atomic mass is 10.0. The van der Waals surface area contributed by atoms with E-state index in [0.29, 0.717) is 6.04 Å². The molecule has 1 atom stereocenters. The molecule has 0 saturated carbocycles. The number of nitrogens with one attached hydrogen (secondary N) is 1. The van der Waals surface area contributed by atoms with Gasteiger partial charge in [0.1, 0.15) is 5.82 Å². The molecule has 1 unspecified atom stereocenters. The fraction of sp³-hybridized carbons (Fsp3) is 0.471. The van der Waals surface area contributed by atoms with Crippen molar-refractivity contribution in [2.45, 2.75) is 30.8 Å². The van der Waals surface area contributed by atoms with E-state index in [-0.39, 0.29) is 0 Å². The fourth-order valence-corrected chi connectivity index (χ4v) is 4.36. The van der Waals surface area contributed by atoms with Crippen molar-refractivity contribution >= 4 is 17.6 Å². The van der Waals surface area contributed by atoms with Gasteiger partial charge >= 0.3 is 0 Å². The quantitative estimate of drug-likeness (QED) is 0.939. The number of hydrogen-bond donors (Lipinski definition) is 1. The highest BCUT2D eigenvalue weighted by Crippen LogP contribution is 2.36. The molecule has 0 fully saturated rings. The molecular weight excluding hydrogens is 292 g/mol. The van der Waals surface area contributed by atoms with E-state index in [4.69, 9.17) is 0 Å². The summed E-state index contributed by atoms with van der Waals surface area (Å²) in [6.45, 7) is 2.95. The first kappa shape index (κ1) is 15.4. The Kier molecular flexibility index (Phi) is 4.45. The smallest absolute Gasteiger partial charge is 0.130 e. The van der Waals surface area contributed by atoms with Crippen LogP contribution in [0.15, 0.2) is 29.2 Å². The minimum absolute atomic E-state index is 0.437. The lowest BCUT2D eigenvalue weighted by Crippen LogP contribution is -2.25. The number of aromatic nitrogens is 2. The van der Waals surface area contributed by atoms with Crippen LogP contribution < -0.4 is 10.2 Å². The molecule has 1 aliphatic heterocycles. The molecule has 1 aromatic heterocycles. The fourth-order valence-electron chi connectivity index (χ4n) is 3.24. The molecule has 2 aromatic rings. The summed E-state index contributed by atoms with van der Waals surface area (Å²) in [5, 5.41) is 8.32. The highest BCUT2D eigenvalue weighted by atomic mass is 32.2. The number of anilines is 1. The molecule has 0 spiro atoms. The van der Waals surface area contributed by atoms with Gasteiger partial charge in [0.15, 0.2) is 0 Å². The van der Waals surface area contributed by atoms with Crippen molar-refractivity contribution in [1.82, 2.24) is 15.1 Å². The Bertz CT molecular complexity index is 663. The number of hydrogen-bond acceptors (Lipinski definition) is 4. The van der Waals surface area contributed by atoms with Crippen LogP contribution in [0.5, 0.6) is 0 Å². The average Bonchev–Trinajstić information content (AvgIpc) is 2.79. The van der Waals surface area contributed by atoms with Crippen LogP contribution in [0, 0.1) is 6.92 Å². The predicted octanol–water partition coefficient (Wildman–Crippen LogP) is 3.12. The van der Waals surface area contributed by atoms with Gasteiger partial charge in [0.2, 0.25) is 0 Å². The summed E-state index contributed by atoms with van der Waals surface area (Å²) < 4.78 is 1.97. The first-order valence-electron chi connectivity index (χ1n) is 7.73. The summed E-state index contributed by atoms with van der Waals surface area (Å²) in [7, 11) is 6.16. The van der Waals surface area contributed by atoms with Crippen molar-refractivity contribution in [2.24, 2.45) is 7.05 Å². The van der Waals surface area contributed by atoms with Gasteiger partial charge in [-0.1, -0.05) is 18.2 Å². The number of aryl methyl sites for hydroxylation is 2. The van der Waals surface area contributed by atoms with Gasteiger partial charge in [0.05, 0.1) is 5.69 Å². The summed E-state index contributed by atoms with van der Waals surface area (Å²) in [5.74, 6) is 2.37. The van der Waals surface area contributed by atoms with E-state index in [1.165, 1.54) is 34.0 Å². The van der Waals surface area contributed by atoms with Gasteiger partial charge in [0.25, 0.3) is 0 Å². The van der Waals surface area contributed by atoms with Crippen LogP contribution in [0.1, 0.15) is 29.3 Å².